The normalized spacial score (nSPS) is 13.0. The summed E-state index contributed by atoms with van der Waals surface area (Å²) in [6, 6.07) is 5.84. The molecular weight excluding hydrogens is 344 g/mol. The number of anilines is 1. The third-order valence-corrected chi connectivity index (χ3v) is 4.02. The van der Waals surface area contributed by atoms with Crippen LogP contribution in [-0.2, 0) is 11.3 Å². The number of ether oxygens (including phenoxy) is 1. The molecule has 7 nitrogen and oxygen atoms in total. The number of hydrogen-bond donors (Lipinski definition) is 2. The van der Waals surface area contributed by atoms with E-state index in [0.717, 1.165) is 48.9 Å². The summed E-state index contributed by atoms with van der Waals surface area (Å²) in [5, 5.41) is 13.0. The van der Waals surface area contributed by atoms with Crippen LogP contribution in [0.5, 0.6) is 5.75 Å². The molecule has 0 spiro atoms. The molecule has 0 saturated heterocycles. The van der Waals surface area contributed by atoms with E-state index in [-0.39, 0.29) is 12.4 Å². The minimum Gasteiger partial charge on any atom is -0.864 e. The van der Waals surface area contributed by atoms with Crippen molar-refractivity contribution in [2.24, 2.45) is 4.99 Å². The van der Waals surface area contributed by atoms with Gasteiger partial charge in [-0.05, 0) is 18.2 Å². The standard InChI is InChI=1S/C17H28N4O3.ClH/c1-21(9-3-7-19-13-22,10-4-8-20-14-23)12-15-5-6-17(24-2)16(18)11-15;/h5-6,11,13-14H,3-4,7-10,12,18H2,1-2H3,(H-,19,20,22,23);1H. The molecule has 0 aromatic heterocycles. The molecule has 0 radical (unpaired) electrons. The third kappa shape index (κ3) is 8.60. The van der Waals surface area contributed by atoms with Gasteiger partial charge in [0.25, 0.3) is 0 Å². The number of benzene rings is 1. The summed E-state index contributed by atoms with van der Waals surface area (Å²) in [5.74, 6) is 0.674. The van der Waals surface area contributed by atoms with Gasteiger partial charge >= 0.3 is 0 Å². The van der Waals surface area contributed by atoms with Gasteiger partial charge in [0, 0.05) is 31.5 Å². The number of methoxy groups -OCH3 is 1. The Morgan fingerprint density at radius 1 is 1.36 bits per heavy atom. The summed E-state index contributed by atoms with van der Waals surface area (Å²) in [5.41, 5.74) is 7.75. The average molecular weight is 373 g/mol. The highest BCUT2D eigenvalue weighted by molar-refractivity contribution is 5.85. The Bertz CT molecular complexity index is 543. The fourth-order valence-electron chi connectivity index (χ4n) is 2.81. The predicted molar refractivity (Wildman–Crippen MR) is 101 cm³/mol. The number of rotatable bonds is 12. The number of nitrogens with two attached hydrogens (primary N) is 1. The molecular formula is C17H29ClN4O3. The number of nitrogens with one attached hydrogen (secondary N) is 1. The third-order valence-electron chi connectivity index (χ3n) is 4.02. The Labute approximate surface area is 155 Å². The zero-order chi connectivity index (χ0) is 17.8. The number of hydrogen-bond acceptors (Lipinski definition) is 5. The van der Waals surface area contributed by atoms with Crippen LogP contribution in [0.4, 0.5) is 5.69 Å². The lowest BCUT2D eigenvalue weighted by Crippen LogP contribution is -2.45. The van der Waals surface area contributed by atoms with Crippen molar-refractivity contribution in [3.05, 3.63) is 23.8 Å². The second kappa shape index (κ2) is 12.4. The van der Waals surface area contributed by atoms with Crippen LogP contribution in [0.15, 0.2) is 23.2 Å². The minimum absolute atomic E-state index is 0. The Hall–Kier alpha value is -1.99. The van der Waals surface area contributed by atoms with Crippen LogP contribution in [0.1, 0.15) is 18.4 Å². The molecule has 3 N–H and O–H groups in total. The molecule has 1 rings (SSSR count). The first-order chi connectivity index (χ1) is 11.5. The second-order valence-electron chi connectivity index (χ2n) is 6.09. The Morgan fingerprint density at radius 2 is 2.08 bits per heavy atom. The zero-order valence-corrected chi connectivity index (χ0v) is 15.8. The number of nitrogen functional groups attached to an aromatic ring is 1. The molecule has 0 aliphatic heterocycles. The van der Waals surface area contributed by atoms with Crippen molar-refractivity contribution in [3.63, 3.8) is 0 Å². The van der Waals surface area contributed by atoms with E-state index in [4.69, 9.17) is 10.5 Å². The molecule has 1 aromatic rings. The van der Waals surface area contributed by atoms with E-state index >= 15 is 0 Å². The molecule has 0 aliphatic rings. The summed E-state index contributed by atoms with van der Waals surface area (Å²) < 4.78 is 5.99. The highest BCUT2D eigenvalue weighted by Crippen LogP contribution is 2.24. The highest BCUT2D eigenvalue weighted by Gasteiger charge is 2.21. The summed E-state index contributed by atoms with van der Waals surface area (Å²) in [7, 11) is 3.77. The summed E-state index contributed by atoms with van der Waals surface area (Å²) in [6.45, 7) is 3.81. The number of aliphatic imine (C=N–C) groups is 1. The van der Waals surface area contributed by atoms with E-state index in [1.54, 1.807) is 7.11 Å². The van der Waals surface area contributed by atoms with Gasteiger partial charge in [0.15, 0.2) is 0 Å². The van der Waals surface area contributed by atoms with Crippen LogP contribution in [0, 0.1) is 0 Å². The largest absolute Gasteiger partial charge is 0.864 e. The van der Waals surface area contributed by atoms with Crippen molar-refractivity contribution >= 4 is 30.9 Å². The molecule has 1 aromatic carbocycles. The fourth-order valence-corrected chi connectivity index (χ4v) is 2.81. The Balaban J connectivity index is 0.00000576. The van der Waals surface area contributed by atoms with Crippen molar-refractivity contribution in [2.75, 3.05) is 46.1 Å². The lowest BCUT2D eigenvalue weighted by molar-refractivity contribution is -0.922. The van der Waals surface area contributed by atoms with Gasteiger partial charge in [0.05, 0.1) is 32.9 Å². The van der Waals surface area contributed by atoms with Crippen LogP contribution in [0.3, 0.4) is 0 Å². The molecule has 1 unspecified atom stereocenters. The van der Waals surface area contributed by atoms with Crippen LogP contribution in [-0.4, -0.2) is 57.6 Å². The number of carbonyl (C=O) groups is 1. The van der Waals surface area contributed by atoms with Crippen molar-refractivity contribution in [1.82, 2.24) is 5.32 Å². The Kier molecular flexibility index (Phi) is 11.4. The topological polar surface area (TPSA) is 99.8 Å². The summed E-state index contributed by atoms with van der Waals surface area (Å²) in [4.78, 5) is 14.1. The SMILES string of the molecule is COc1ccc(C[N+](C)(CCCN=C[O-])CCCNC=O)cc1N.Cl. The maximum Gasteiger partial charge on any atom is 0.207 e. The van der Waals surface area contributed by atoms with Gasteiger partial charge in [-0.3, -0.25) is 4.79 Å². The summed E-state index contributed by atoms with van der Waals surface area (Å²) >= 11 is 0. The van der Waals surface area contributed by atoms with E-state index in [1.807, 2.05) is 18.2 Å². The van der Waals surface area contributed by atoms with E-state index in [9.17, 15) is 9.90 Å². The van der Waals surface area contributed by atoms with Crippen LogP contribution in [0.25, 0.3) is 0 Å². The van der Waals surface area contributed by atoms with Crippen molar-refractivity contribution in [1.29, 1.82) is 0 Å². The van der Waals surface area contributed by atoms with Crippen molar-refractivity contribution in [2.45, 2.75) is 19.4 Å². The fraction of sp³-hybridized carbons (Fsp3) is 0.529. The predicted octanol–water partition coefficient (Wildman–Crippen LogP) is 0.561. The second-order valence-corrected chi connectivity index (χ2v) is 6.09. The number of quaternary nitrogens is 1. The highest BCUT2D eigenvalue weighted by atomic mass is 35.5. The van der Waals surface area contributed by atoms with Gasteiger partial charge < -0.3 is 30.4 Å². The molecule has 0 saturated carbocycles. The first kappa shape index (κ1) is 23.0. The van der Waals surface area contributed by atoms with Crippen molar-refractivity contribution in [3.8, 4) is 5.75 Å². The molecule has 8 heteroatoms. The van der Waals surface area contributed by atoms with E-state index in [2.05, 4.69) is 17.4 Å². The van der Waals surface area contributed by atoms with Gasteiger partial charge in [-0.25, -0.2) is 0 Å². The molecule has 142 valence electrons. The maximum atomic E-state index is 10.4. The van der Waals surface area contributed by atoms with Crippen molar-refractivity contribution < 1.29 is 19.1 Å². The van der Waals surface area contributed by atoms with Gasteiger partial charge in [-0.1, -0.05) is 6.40 Å². The van der Waals surface area contributed by atoms with Gasteiger partial charge in [-0.2, -0.15) is 0 Å². The molecule has 0 aliphatic carbocycles. The number of carbonyl (C=O) groups excluding carboxylic acids is 1. The van der Waals surface area contributed by atoms with E-state index in [1.165, 1.54) is 0 Å². The number of amides is 1. The number of nitrogens with zero attached hydrogens (tertiary/aromatic N) is 2. The maximum absolute atomic E-state index is 10.4. The van der Waals surface area contributed by atoms with E-state index < -0.39 is 0 Å². The van der Waals surface area contributed by atoms with Gasteiger partial charge in [-0.15, -0.1) is 12.4 Å². The molecule has 0 heterocycles. The van der Waals surface area contributed by atoms with Gasteiger partial charge in [0.2, 0.25) is 6.41 Å². The quantitative estimate of drug-likeness (QED) is 0.140. The van der Waals surface area contributed by atoms with E-state index in [0.29, 0.717) is 30.9 Å². The minimum atomic E-state index is 0. The first-order valence-corrected chi connectivity index (χ1v) is 8.08. The zero-order valence-electron chi connectivity index (χ0n) is 14.9. The number of halogens is 1. The molecule has 25 heavy (non-hydrogen) atoms. The smallest absolute Gasteiger partial charge is 0.207 e. The molecule has 1 atom stereocenters. The van der Waals surface area contributed by atoms with Crippen LogP contribution in [0.2, 0.25) is 0 Å². The van der Waals surface area contributed by atoms with Gasteiger partial charge in [0.1, 0.15) is 12.3 Å². The average Bonchev–Trinajstić information content (AvgIpc) is 2.56. The lowest BCUT2D eigenvalue weighted by Gasteiger charge is -2.35. The first-order valence-electron chi connectivity index (χ1n) is 8.08. The Morgan fingerprint density at radius 3 is 2.68 bits per heavy atom. The monoisotopic (exact) mass is 372 g/mol. The molecule has 1 amide bonds. The molecule has 0 bridgehead atoms. The van der Waals surface area contributed by atoms with Crippen LogP contribution >= 0.6 is 12.4 Å². The summed E-state index contributed by atoms with van der Waals surface area (Å²) in [6.07, 6.45) is 3.04. The lowest BCUT2D eigenvalue weighted by atomic mass is 10.1. The van der Waals surface area contributed by atoms with Crippen LogP contribution < -0.4 is 20.9 Å². The molecule has 0 fully saturated rings.